The number of para-hydroxylation sites is 1. The Morgan fingerprint density at radius 3 is 2.38 bits per heavy atom. The number of hydrogen-bond acceptors (Lipinski definition) is 4. The number of halogens is 3. The summed E-state index contributed by atoms with van der Waals surface area (Å²) in [6.45, 7) is 1.46. The molecule has 166 valence electrons. The van der Waals surface area contributed by atoms with Crippen LogP contribution in [0.5, 0.6) is 0 Å². The van der Waals surface area contributed by atoms with Gasteiger partial charge in [0.1, 0.15) is 12.3 Å². The van der Waals surface area contributed by atoms with E-state index in [0.29, 0.717) is 0 Å². The summed E-state index contributed by atoms with van der Waals surface area (Å²) >= 11 is 0. The molecular weight excluding hydrogens is 427 g/mol. The zero-order valence-electron chi connectivity index (χ0n) is 16.7. The molecular formula is C22H18F3N3O4. The number of furan rings is 1. The fraction of sp³-hybridized carbons (Fsp3) is 0.136. The monoisotopic (exact) mass is 445 g/mol. The van der Waals surface area contributed by atoms with Crippen LogP contribution < -0.4 is 16.0 Å². The lowest BCUT2D eigenvalue weighted by molar-refractivity contribution is -0.137. The summed E-state index contributed by atoms with van der Waals surface area (Å²) in [4.78, 5) is 37.2. The molecule has 1 atom stereocenters. The third-order valence-corrected chi connectivity index (χ3v) is 4.40. The van der Waals surface area contributed by atoms with Gasteiger partial charge in [-0.3, -0.25) is 14.4 Å². The Morgan fingerprint density at radius 1 is 0.938 bits per heavy atom. The van der Waals surface area contributed by atoms with E-state index in [1.165, 1.54) is 49.8 Å². The van der Waals surface area contributed by atoms with Crippen molar-refractivity contribution in [2.45, 2.75) is 19.1 Å². The Balaban J connectivity index is 1.70. The largest absolute Gasteiger partial charge is 0.472 e. The quantitative estimate of drug-likeness (QED) is 0.527. The van der Waals surface area contributed by atoms with Crippen LogP contribution in [0, 0.1) is 0 Å². The number of benzene rings is 2. The van der Waals surface area contributed by atoms with Gasteiger partial charge in [-0.05, 0) is 43.3 Å². The first-order valence-electron chi connectivity index (χ1n) is 9.36. The Labute approximate surface area is 180 Å². The van der Waals surface area contributed by atoms with Crippen molar-refractivity contribution >= 4 is 29.1 Å². The molecule has 0 aliphatic heterocycles. The van der Waals surface area contributed by atoms with Crippen LogP contribution in [0.4, 0.5) is 24.5 Å². The second kappa shape index (κ2) is 9.38. The van der Waals surface area contributed by atoms with Gasteiger partial charge < -0.3 is 20.4 Å². The van der Waals surface area contributed by atoms with Gasteiger partial charge in [0.25, 0.3) is 11.8 Å². The molecule has 3 amide bonds. The van der Waals surface area contributed by atoms with E-state index in [-0.39, 0.29) is 22.5 Å². The minimum absolute atomic E-state index is 0.0339. The smallest absolute Gasteiger partial charge is 0.416 e. The summed E-state index contributed by atoms with van der Waals surface area (Å²) in [5, 5.41) is 7.43. The lowest BCUT2D eigenvalue weighted by Gasteiger charge is -2.16. The third-order valence-electron chi connectivity index (χ3n) is 4.40. The van der Waals surface area contributed by atoms with Gasteiger partial charge in [0, 0.05) is 5.69 Å². The van der Waals surface area contributed by atoms with Gasteiger partial charge in [-0.2, -0.15) is 13.2 Å². The molecule has 0 fully saturated rings. The van der Waals surface area contributed by atoms with Crippen molar-refractivity contribution < 1.29 is 32.0 Å². The van der Waals surface area contributed by atoms with E-state index < -0.39 is 35.5 Å². The first-order valence-corrected chi connectivity index (χ1v) is 9.36. The first-order chi connectivity index (χ1) is 15.1. The Hall–Kier alpha value is -4.08. The molecule has 0 aliphatic carbocycles. The van der Waals surface area contributed by atoms with E-state index in [1.54, 1.807) is 12.1 Å². The van der Waals surface area contributed by atoms with Crippen LogP contribution in [0.3, 0.4) is 0 Å². The number of amides is 3. The fourth-order valence-corrected chi connectivity index (χ4v) is 2.74. The van der Waals surface area contributed by atoms with Crippen LogP contribution in [0.1, 0.15) is 33.2 Å². The molecule has 10 heteroatoms. The highest BCUT2D eigenvalue weighted by molar-refractivity contribution is 6.11. The lowest BCUT2D eigenvalue weighted by Crippen LogP contribution is -2.41. The molecule has 0 saturated heterocycles. The van der Waals surface area contributed by atoms with Crippen molar-refractivity contribution in [3.05, 3.63) is 83.8 Å². The molecule has 0 spiro atoms. The highest BCUT2D eigenvalue weighted by Crippen LogP contribution is 2.31. The molecule has 1 heterocycles. The van der Waals surface area contributed by atoms with Crippen LogP contribution in [0.15, 0.2) is 71.5 Å². The van der Waals surface area contributed by atoms with Crippen LogP contribution >= 0.6 is 0 Å². The first kappa shape index (κ1) is 22.6. The highest BCUT2D eigenvalue weighted by Gasteiger charge is 2.30. The molecule has 3 rings (SSSR count). The molecule has 0 bridgehead atoms. The number of anilines is 2. The summed E-state index contributed by atoms with van der Waals surface area (Å²) in [6.07, 6.45) is -2.00. The molecule has 0 radical (unpaired) electrons. The van der Waals surface area contributed by atoms with Crippen LogP contribution in [0.2, 0.25) is 0 Å². The van der Waals surface area contributed by atoms with E-state index >= 15 is 0 Å². The van der Waals surface area contributed by atoms with Crippen LogP contribution in [0.25, 0.3) is 0 Å². The zero-order chi connectivity index (χ0) is 23.3. The number of nitrogens with one attached hydrogen (secondary N) is 3. The summed E-state index contributed by atoms with van der Waals surface area (Å²) in [5.41, 5.74) is -0.547. The van der Waals surface area contributed by atoms with Gasteiger partial charge in [-0.25, -0.2) is 0 Å². The van der Waals surface area contributed by atoms with Gasteiger partial charge in [0.15, 0.2) is 0 Å². The maximum absolute atomic E-state index is 12.9. The van der Waals surface area contributed by atoms with E-state index in [1.807, 2.05) is 0 Å². The van der Waals surface area contributed by atoms with Gasteiger partial charge in [-0.15, -0.1) is 0 Å². The van der Waals surface area contributed by atoms with Crippen molar-refractivity contribution in [3.63, 3.8) is 0 Å². The molecule has 1 aromatic heterocycles. The molecule has 0 saturated carbocycles. The Kier molecular flexibility index (Phi) is 6.62. The van der Waals surface area contributed by atoms with Crippen molar-refractivity contribution in [2.75, 3.05) is 10.6 Å². The van der Waals surface area contributed by atoms with Gasteiger partial charge >= 0.3 is 6.18 Å². The Bertz CT molecular complexity index is 1130. The lowest BCUT2D eigenvalue weighted by atomic mass is 10.1. The van der Waals surface area contributed by atoms with Crippen LogP contribution in [-0.4, -0.2) is 23.8 Å². The number of carbonyl (C=O) groups excluding carboxylic acids is 3. The standard InChI is InChI=1S/C22H18F3N3O4/c1-13(26-20(30)14-9-10-32-12-14)19(29)28-18-8-3-2-7-17(18)21(31)27-16-6-4-5-15(11-16)22(23,24)25/h2-13H,1H3,(H,26,30)(H,27,31)(H,28,29)/t13-/m1/s1. The van der Waals surface area contributed by atoms with Crippen LogP contribution in [-0.2, 0) is 11.0 Å². The number of alkyl halides is 3. The molecule has 0 unspecified atom stereocenters. The maximum Gasteiger partial charge on any atom is 0.416 e. The maximum atomic E-state index is 12.9. The Morgan fingerprint density at radius 2 is 1.69 bits per heavy atom. The van der Waals surface area contributed by atoms with Crippen molar-refractivity contribution in [2.24, 2.45) is 0 Å². The molecule has 7 nitrogen and oxygen atoms in total. The molecule has 3 aromatic rings. The van der Waals surface area contributed by atoms with Gasteiger partial charge in [0.2, 0.25) is 5.91 Å². The molecule has 0 aliphatic rings. The SMILES string of the molecule is C[C@@H](NC(=O)c1ccoc1)C(=O)Nc1ccccc1C(=O)Nc1cccc(C(F)(F)F)c1. The molecule has 3 N–H and O–H groups in total. The van der Waals surface area contributed by atoms with Crippen molar-refractivity contribution in [3.8, 4) is 0 Å². The van der Waals surface area contributed by atoms with Gasteiger partial charge in [-0.1, -0.05) is 18.2 Å². The molecule has 32 heavy (non-hydrogen) atoms. The average Bonchev–Trinajstić information content (AvgIpc) is 3.28. The molecule has 2 aromatic carbocycles. The normalized spacial score (nSPS) is 12.0. The van der Waals surface area contributed by atoms with E-state index in [2.05, 4.69) is 16.0 Å². The van der Waals surface area contributed by atoms with E-state index in [4.69, 9.17) is 4.42 Å². The summed E-state index contributed by atoms with van der Waals surface area (Å²) in [6, 6.07) is 10.7. The second-order valence-electron chi connectivity index (χ2n) is 6.77. The van der Waals surface area contributed by atoms with Crippen molar-refractivity contribution in [1.29, 1.82) is 0 Å². The number of carbonyl (C=O) groups is 3. The summed E-state index contributed by atoms with van der Waals surface area (Å²) in [7, 11) is 0. The summed E-state index contributed by atoms with van der Waals surface area (Å²) in [5.74, 6) is -1.83. The van der Waals surface area contributed by atoms with Gasteiger partial charge in [0.05, 0.1) is 28.6 Å². The third kappa shape index (κ3) is 5.54. The zero-order valence-corrected chi connectivity index (χ0v) is 16.7. The number of hydrogen-bond donors (Lipinski definition) is 3. The topological polar surface area (TPSA) is 100 Å². The predicted octanol–water partition coefficient (Wildman–Crippen LogP) is 4.31. The highest BCUT2D eigenvalue weighted by atomic mass is 19.4. The fourth-order valence-electron chi connectivity index (χ4n) is 2.74. The summed E-state index contributed by atoms with van der Waals surface area (Å²) < 4.78 is 43.5. The average molecular weight is 445 g/mol. The number of rotatable bonds is 6. The van der Waals surface area contributed by atoms with Crippen molar-refractivity contribution in [1.82, 2.24) is 5.32 Å². The van der Waals surface area contributed by atoms with E-state index in [9.17, 15) is 27.6 Å². The van der Waals surface area contributed by atoms with E-state index in [0.717, 1.165) is 12.1 Å². The minimum Gasteiger partial charge on any atom is -0.472 e. The minimum atomic E-state index is -4.55. The second-order valence-corrected chi connectivity index (χ2v) is 6.77. The predicted molar refractivity (Wildman–Crippen MR) is 110 cm³/mol.